The molecule has 1 atom stereocenters. The predicted octanol–water partition coefficient (Wildman–Crippen LogP) is 0.516. The van der Waals surface area contributed by atoms with Crippen molar-refractivity contribution in [2.24, 2.45) is 16.6 Å². The minimum absolute atomic E-state index is 0.203. The molecule has 66 valence electrons. The van der Waals surface area contributed by atoms with Crippen molar-refractivity contribution in [2.45, 2.75) is 27.7 Å². The predicted molar refractivity (Wildman–Crippen MR) is 43.8 cm³/mol. The van der Waals surface area contributed by atoms with E-state index < -0.39 is 11.3 Å². The Kier molecular flexibility index (Phi) is 2.67. The van der Waals surface area contributed by atoms with E-state index in [2.05, 4.69) is 0 Å². The van der Waals surface area contributed by atoms with E-state index in [0.717, 1.165) is 0 Å². The molecule has 0 bridgehead atoms. The third kappa shape index (κ3) is 1.71. The summed E-state index contributed by atoms with van der Waals surface area (Å²) in [5.74, 6) is -0.451. The van der Waals surface area contributed by atoms with Crippen LogP contribution in [0.25, 0.3) is 0 Å². The average molecular weight is 159 g/mol. The molecule has 0 saturated carbocycles. The van der Waals surface area contributed by atoms with Gasteiger partial charge in [0.25, 0.3) is 0 Å². The monoisotopic (exact) mass is 159 g/mol. The van der Waals surface area contributed by atoms with Gasteiger partial charge in [-0.25, -0.2) is 0 Å². The summed E-state index contributed by atoms with van der Waals surface area (Å²) in [6.45, 7) is 7.12. The van der Waals surface area contributed by atoms with Crippen molar-refractivity contribution < 1.29 is 9.90 Å². The van der Waals surface area contributed by atoms with Gasteiger partial charge in [0.1, 0.15) is 0 Å². The fourth-order valence-electron chi connectivity index (χ4n) is 0.685. The highest BCUT2D eigenvalue weighted by Crippen LogP contribution is 2.37. The lowest BCUT2D eigenvalue weighted by molar-refractivity contribution is -0.136. The van der Waals surface area contributed by atoms with Crippen LogP contribution in [0.2, 0.25) is 0 Å². The van der Waals surface area contributed by atoms with Gasteiger partial charge in [0.15, 0.2) is 0 Å². The summed E-state index contributed by atoms with van der Waals surface area (Å²) >= 11 is 0. The van der Waals surface area contributed by atoms with Crippen LogP contribution in [0.15, 0.2) is 0 Å². The number of aliphatic hydroxyl groups excluding tert-OH is 1. The molecule has 0 aliphatic rings. The third-order valence-corrected chi connectivity index (χ3v) is 2.52. The Labute approximate surface area is 67.6 Å². The molecule has 0 aliphatic carbocycles. The Bertz CT molecular complexity index is 160. The second-order valence-corrected chi connectivity index (χ2v) is 4.10. The van der Waals surface area contributed by atoms with Crippen molar-refractivity contribution in [1.82, 2.24) is 0 Å². The highest BCUT2D eigenvalue weighted by molar-refractivity contribution is 5.81. The fraction of sp³-hybridized carbons (Fsp3) is 0.875. The van der Waals surface area contributed by atoms with Gasteiger partial charge < -0.3 is 10.8 Å². The fourth-order valence-corrected chi connectivity index (χ4v) is 0.685. The van der Waals surface area contributed by atoms with Crippen molar-refractivity contribution in [3.8, 4) is 0 Å². The smallest absolute Gasteiger partial charge is 0.226 e. The first-order valence-electron chi connectivity index (χ1n) is 3.66. The highest BCUT2D eigenvalue weighted by Gasteiger charge is 2.42. The quantitative estimate of drug-likeness (QED) is 0.617. The molecule has 3 nitrogen and oxygen atoms in total. The van der Waals surface area contributed by atoms with E-state index >= 15 is 0 Å². The number of primary amides is 1. The maximum Gasteiger partial charge on any atom is 0.226 e. The maximum absolute atomic E-state index is 11.0. The van der Waals surface area contributed by atoms with Crippen LogP contribution in [0, 0.1) is 10.8 Å². The Hall–Kier alpha value is -0.570. The third-order valence-electron chi connectivity index (χ3n) is 2.52. The van der Waals surface area contributed by atoms with Crippen LogP contribution >= 0.6 is 0 Å². The van der Waals surface area contributed by atoms with Gasteiger partial charge in [0.05, 0.1) is 12.0 Å². The minimum atomic E-state index is -0.826. The lowest BCUT2D eigenvalue weighted by Crippen LogP contribution is -2.47. The molecule has 0 aromatic carbocycles. The maximum atomic E-state index is 11.0. The van der Waals surface area contributed by atoms with Gasteiger partial charge in [0.2, 0.25) is 5.91 Å². The van der Waals surface area contributed by atoms with Gasteiger partial charge in [-0.2, -0.15) is 0 Å². The van der Waals surface area contributed by atoms with Crippen molar-refractivity contribution in [3.05, 3.63) is 0 Å². The van der Waals surface area contributed by atoms with Crippen molar-refractivity contribution in [2.75, 3.05) is 6.61 Å². The molecule has 3 N–H and O–H groups in total. The second-order valence-electron chi connectivity index (χ2n) is 4.10. The number of amides is 1. The standard InChI is InChI=1S/C8H17NO2/c1-7(2,3)8(4,5-10)6(9)11/h10H,5H2,1-4H3,(H2,9,11). The molecule has 0 aromatic rings. The second kappa shape index (κ2) is 2.81. The molecule has 11 heavy (non-hydrogen) atoms. The highest BCUT2D eigenvalue weighted by atomic mass is 16.3. The Morgan fingerprint density at radius 2 is 1.73 bits per heavy atom. The topological polar surface area (TPSA) is 63.3 Å². The molecule has 0 radical (unpaired) electrons. The van der Waals surface area contributed by atoms with Crippen LogP contribution in [0.4, 0.5) is 0 Å². The van der Waals surface area contributed by atoms with Crippen LogP contribution in [0.1, 0.15) is 27.7 Å². The van der Waals surface area contributed by atoms with Crippen molar-refractivity contribution in [3.63, 3.8) is 0 Å². The molecular weight excluding hydrogens is 142 g/mol. The molecule has 0 aliphatic heterocycles. The Morgan fingerprint density at radius 1 is 1.36 bits per heavy atom. The SMILES string of the molecule is CC(C)(C)C(C)(CO)C(N)=O. The van der Waals surface area contributed by atoms with E-state index in [0.29, 0.717) is 0 Å². The molecule has 0 heterocycles. The van der Waals surface area contributed by atoms with E-state index in [1.54, 1.807) is 6.92 Å². The van der Waals surface area contributed by atoms with Crippen LogP contribution in [0.5, 0.6) is 0 Å². The summed E-state index contributed by atoms with van der Waals surface area (Å²) in [6.07, 6.45) is 0. The van der Waals surface area contributed by atoms with E-state index in [9.17, 15) is 4.79 Å². The molecule has 0 fully saturated rings. The summed E-state index contributed by atoms with van der Waals surface area (Å²) in [7, 11) is 0. The summed E-state index contributed by atoms with van der Waals surface area (Å²) in [5, 5.41) is 8.99. The van der Waals surface area contributed by atoms with Gasteiger partial charge in [-0.05, 0) is 12.3 Å². The number of carbonyl (C=O) groups excluding carboxylic acids is 1. The Balaban J connectivity index is 4.75. The molecular formula is C8H17NO2. The minimum Gasteiger partial charge on any atom is -0.395 e. The molecule has 0 aromatic heterocycles. The van der Waals surface area contributed by atoms with E-state index in [1.807, 2.05) is 20.8 Å². The Morgan fingerprint density at radius 3 is 1.73 bits per heavy atom. The van der Waals surface area contributed by atoms with E-state index in [-0.39, 0.29) is 12.0 Å². The van der Waals surface area contributed by atoms with Crippen LogP contribution in [0.3, 0.4) is 0 Å². The zero-order valence-electron chi connectivity index (χ0n) is 7.64. The van der Waals surface area contributed by atoms with Crippen LogP contribution < -0.4 is 5.73 Å². The molecule has 1 unspecified atom stereocenters. The zero-order valence-corrected chi connectivity index (χ0v) is 7.64. The van der Waals surface area contributed by atoms with Crippen LogP contribution in [-0.2, 0) is 4.79 Å². The number of carbonyl (C=O) groups is 1. The van der Waals surface area contributed by atoms with Gasteiger partial charge in [0, 0.05) is 0 Å². The first kappa shape index (κ1) is 10.4. The summed E-state index contributed by atoms with van der Waals surface area (Å²) < 4.78 is 0. The lowest BCUT2D eigenvalue weighted by atomic mass is 9.68. The van der Waals surface area contributed by atoms with Crippen LogP contribution in [-0.4, -0.2) is 17.6 Å². The number of hydrogen-bond donors (Lipinski definition) is 2. The van der Waals surface area contributed by atoms with Crippen molar-refractivity contribution >= 4 is 5.91 Å². The number of rotatable bonds is 2. The van der Waals surface area contributed by atoms with E-state index in [1.165, 1.54) is 0 Å². The number of nitrogens with two attached hydrogens (primary N) is 1. The first-order valence-corrected chi connectivity index (χ1v) is 3.66. The first-order chi connectivity index (χ1) is 4.75. The molecule has 0 rings (SSSR count). The van der Waals surface area contributed by atoms with Gasteiger partial charge in [-0.15, -0.1) is 0 Å². The van der Waals surface area contributed by atoms with Gasteiger partial charge >= 0.3 is 0 Å². The zero-order chi connectivity index (χ0) is 9.28. The van der Waals surface area contributed by atoms with Crippen molar-refractivity contribution in [1.29, 1.82) is 0 Å². The molecule has 0 saturated heterocycles. The molecule has 1 amide bonds. The summed E-state index contributed by atoms with van der Waals surface area (Å²) in [4.78, 5) is 11.0. The summed E-state index contributed by atoms with van der Waals surface area (Å²) in [5.41, 5.74) is 4.04. The normalized spacial score (nSPS) is 17.5. The largest absolute Gasteiger partial charge is 0.395 e. The summed E-state index contributed by atoms with van der Waals surface area (Å²) in [6, 6.07) is 0. The van der Waals surface area contributed by atoms with E-state index in [4.69, 9.17) is 10.8 Å². The van der Waals surface area contributed by atoms with Gasteiger partial charge in [-0.1, -0.05) is 20.8 Å². The number of hydrogen-bond acceptors (Lipinski definition) is 2. The van der Waals surface area contributed by atoms with Gasteiger partial charge in [-0.3, -0.25) is 4.79 Å². The molecule has 3 heteroatoms. The molecule has 0 spiro atoms. The lowest BCUT2D eigenvalue weighted by Gasteiger charge is -2.37. The average Bonchev–Trinajstić information content (AvgIpc) is 1.83. The number of aliphatic hydroxyl groups is 1.